The Morgan fingerprint density at radius 1 is 1.00 bits per heavy atom. The van der Waals surface area contributed by atoms with Crippen molar-refractivity contribution in [2.24, 2.45) is 5.73 Å². The van der Waals surface area contributed by atoms with Crippen molar-refractivity contribution < 1.29 is 34.6 Å². The number of hydrogen-bond acceptors (Lipinski definition) is 7. The van der Waals surface area contributed by atoms with Crippen molar-refractivity contribution in [3.8, 4) is 0 Å². The van der Waals surface area contributed by atoms with Crippen molar-refractivity contribution in [2.45, 2.75) is 10.1 Å². The predicted molar refractivity (Wildman–Crippen MR) is 88.7 cm³/mol. The summed E-state index contributed by atoms with van der Waals surface area (Å²) in [6.45, 7) is 0. The first-order valence-corrected chi connectivity index (χ1v) is 19.5. The van der Waals surface area contributed by atoms with Crippen molar-refractivity contribution in [3.63, 3.8) is 0 Å². The van der Waals surface area contributed by atoms with Gasteiger partial charge in [0.1, 0.15) is 5.69 Å². The molecular formula is C15H13N5O3S2Zn. The summed E-state index contributed by atoms with van der Waals surface area (Å²) in [6.07, 6.45) is 8.09. The van der Waals surface area contributed by atoms with E-state index in [1.54, 1.807) is 19.5 Å². The van der Waals surface area contributed by atoms with Crippen LogP contribution < -0.4 is 22.5 Å². The van der Waals surface area contributed by atoms with Crippen molar-refractivity contribution in [1.29, 1.82) is 0 Å². The van der Waals surface area contributed by atoms with E-state index in [-0.39, 0.29) is 5.69 Å². The molecule has 8 nitrogen and oxygen atoms in total. The van der Waals surface area contributed by atoms with Crippen LogP contribution in [0.3, 0.4) is 0 Å². The number of primary amides is 1. The van der Waals surface area contributed by atoms with Gasteiger partial charge in [-0.2, -0.15) is 0 Å². The molecule has 2 aliphatic heterocycles. The summed E-state index contributed by atoms with van der Waals surface area (Å²) in [5.74, 6) is -0.553. The van der Waals surface area contributed by atoms with Crippen LogP contribution in [0.25, 0.3) is 0 Å². The molecule has 26 heavy (non-hydrogen) atoms. The molecule has 5 rings (SSSR count). The van der Waals surface area contributed by atoms with Crippen LogP contribution in [-0.4, -0.2) is 15.9 Å². The molecule has 2 aliphatic rings. The molecule has 0 unspecified atom stereocenters. The number of carbonyl (C=O) groups is 1. The summed E-state index contributed by atoms with van der Waals surface area (Å²) in [4.78, 5) is 17.6. The molecule has 0 radical (unpaired) electrons. The third-order valence-electron chi connectivity index (χ3n) is 3.64. The van der Waals surface area contributed by atoms with Gasteiger partial charge in [-0.05, 0) is 0 Å². The number of aromatic nitrogens is 4. The second-order valence-electron chi connectivity index (χ2n) is 5.44. The van der Waals surface area contributed by atoms with Gasteiger partial charge in [-0.25, -0.2) is 4.98 Å². The molecule has 130 valence electrons. The summed E-state index contributed by atoms with van der Waals surface area (Å²) in [5, 5.41) is 2.27. The number of amides is 1. The first-order valence-electron chi connectivity index (χ1n) is 7.83. The van der Waals surface area contributed by atoms with E-state index in [0.717, 1.165) is 10.1 Å². The van der Waals surface area contributed by atoms with Gasteiger partial charge in [-0.15, -0.1) is 0 Å². The molecule has 2 N–H and O–H groups in total. The van der Waals surface area contributed by atoms with Crippen LogP contribution >= 0.6 is 19.5 Å². The van der Waals surface area contributed by atoms with Crippen LogP contribution in [0.1, 0.15) is 10.5 Å². The average Bonchev–Trinajstić information content (AvgIpc) is 3.21. The molecule has 0 aromatic carbocycles. The normalized spacial score (nSPS) is 15.1. The zero-order valence-electron chi connectivity index (χ0n) is 13.5. The Morgan fingerprint density at radius 3 is 2.04 bits per heavy atom. The molecule has 1 spiro atoms. The molecule has 0 aliphatic carbocycles. The van der Waals surface area contributed by atoms with Crippen molar-refractivity contribution in [3.05, 3.63) is 73.1 Å². The van der Waals surface area contributed by atoms with Crippen LogP contribution in [0.2, 0.25) is 0 Å². The van der Waals surface area contributed by atoms with Gasteiger partial charge >= 0.3 is 108 Å². The Bertz CT molecular complexity index is 856. The van der Waals surface area contributed by atoms with Gasteiger partial charge in [-0.3, -0.25) is 9.78 Å². The van der Waals surface area contributed by atoms with Crippen LogP contribution in [0.4, 0.5) is 0 Å². The third-order valence-corrected chi connectivity index (χ3v) is 22.1. The molecule has 5 heterocycles. The zero-order valence-corrected chi connectivity index (χ0v) is 18.1. The molecule has 3 aromatic rings. The van der Waals surface area contributed by atoms with Gasteiger partial charge in [0.15, 0.2) is 0 Å². The summed E-state index contributed by atoms with van der Waals surface area (Å²) in [6, 6.07) is 12.1. The molecular weight excluding hydrogens is 428 g/mol. The van der Waals surface area contributed by atoms with Crippen LogP contribution in [-0.2, 0) is 13.1 Å². The zero-order chi connectivity index (χ0) is 18.0. The number of carbonyl (C=O) groups excluding carboxylic acids is 1. The van der Waals surface area contributed by atoms with E-state index in [1.165, 1.54) is 18.6 Å². The maximum atomic E-state index is 10.3. The molecule has 0 bridgehead atoms. The van der Waals surface area contributed by atoms with E-state index in [2.05, 4.69) is 22.1 Å². The minimum atomic E-state index is -3.23. The van der Waals surface area contributed by atoms with Crippen molar-refractivity contribution >= 4 is 25.4 Å². The van der Waals surface area contributed by atoms with Crippen LogP contribution in [0, 0.1) is 0 Å². The Labute approximate surface area is 158 Å². The van der Waals surface area contributed by atoms with E-state index < -0.39 is 19.0 Å². The topological polar surface area (TPSA) is 95.1 Å². The first-order chi connectivity index (χ1) is 12.7. The Hall–Kier alpha value is -2.23. The van der Waals surface area contributed by atoms with E-state index in [1.807, 2.05) is 46.1 Å². The van der Waals surface area contributed by atoms with E-state index in [9.17, 15) is 4.79 Å². The Morgan fingerprint density at radius 2 is 1.62 bits per heavy atom. The summed E-state index contributed by atoms with van der Waals surface area (Å²) >= 11 is -3.23. The Balaban J connectivity index is 0.000000160. The van der Waals surface area contributed by atoms with Crippen LogP contribution in [0.5, 0.6) is 0 Å². The SMILES string of the molecule is NC(=O)c1cnccn1.c1cc[n+]2c(c1)[S][Zn-2]1([O]2)[O][n+]2ccccc2[S]1. The fraction of sp³-hybridized carbons (Fsp3) is 0. The predicted octanol–water partition coefficient (Wildman–Crippen LogP) is 0.420. The number of fused-ring (bicyclic) bond motifs is 2. The van der Waals surface area contributed by atoms with Gasteiger partial charge < -0.3 is 5.73 Å². The van der Waals surface area contributed by atoms with Gasteiger partial charge in [-0.1, -0.05) is 0 Å². The number of nitrogens with two attached hydrogens (primary N) is 1. The second-order valence-corrected chi connectivity index (χ2v) is 24.3. The minimum absolute atomic E-state index is 0.192. The van der Waals surface area contributed by atoms with Gasteiger partial charge in [0.05, 0.1) is 6.20 Å². The summed E-state index contributed by atoms with van der Waals surface area (Å²) < 4.78 is 15.8. The number of pyridine rings is 2. The fourth-order valence-corrected chi connectivity index (χ4v) is 23.4. The molecule has 0 atom stereocenters. The van der Waals surface area contributed by atoms with E-state index in [0.29, 0.717) is 0 Å². The van der Waals surface area contributed by atoms with Gasteiger partial charge in [0.25, 0.3) is 5.91 Å². The number of nitrogens with zero attached hydrogens (tertiary/aromatic N) is 4. The third kappa shape index (κ3) is 3.51. The standard InChI is InChI=1S/C5H5N3O.2C5H5NOS.Zn/c6-5(9)4-3-7-1-2-8-4;2*7-6-4-2-1-3-5(6)8;/h1-3H,(H2,6,9);2*1-4,8H;/q;;;+2/p-2. The van der Waals surface area contributed by atoms with Crippen molar-refractivity contribution in [2.75, 3.05) is 0 Å². The molecule has 0 saturated carbocycles. The average molecular weight is 441 g/mol. The van der Waals surface area contributed by atoms with Gasteiger partial charge in [0, 0.05) is 12.4 Å². The fourth-order valence-electron chi connectivity index (χ4n) is 2.55. The van der Waals surface area contributed by atoms with E-state index >= 15 is 0 Å². The van der Waals surface area contributed by atoms with Gasteiger partial charge in [0.2, 0.25) is 0 Å². The summed E-state index contributed by atoms with van der Waals surface area (Å²) in [5.41, 5.74) is 5.06. The molecule has 11 heteroatoms. The Kier molecular flexibility index (Phi) is 4.75. The van der Waals surface area contributed by atoms with Crippen molar-refractivity contribution in [1.82, 2.24) is 9.97 Å². The molecule has 3 aromatic heterocycles. The quantitative estimate of drug-likeness (QED) is 0.433. The number of hydrogen-bond donors (Lipinski definition) is 1. The second kappa shape index (κ2) is 7.18. The maximum absolute atomic E-state index is 10.3. The monoisotopic (exact) mass is 439 g/mol. The molecule has 1 amide bonds. The number of rotatable bonds is 1. The summed E-state index contributed by atoms with van der Waals surface area (Å²) in [7, 11) is 3.56. The molecule has 0 fully saturated rings. The van der Waals surface area contributed by atoms with E-state index in [4.69, 9.17) is 13.1 Å². The van der Waals surface area contributed by atoms with Crippen LogP contribution in [0.15, 0.2) is 77.4 Å². The molecule has 0 saturated heterocycles. The first kappa shape index (κ1) is 17.2.